The van der Waals surface area contributed by atoms with Crippen molar-refractivity contribution in [1.29, 1.82) is 0 Å². The summed E-state index contributed by atoms with van der Waals surface area (Å²) in [6, 6.07) is 3.09. The average molecular weight is 225 g/mol. The Morgan fingerprint density at radius 3 is 2.50 bits per heavy atom. The zero-order chi connectivity index (χ0) is 10.9. The summed E-state index contributed by atoms with van der Waals surface area (Å²) < 4.78 is 36.5. The summed E-state index contributed by atoms with van der Waals surface area (Å²) in [5.41, 5.74) is -1.99. The maximum atomic E-state index is 12.2. The molecule has 7 heteroatoms. The number of alkyl halides is 3. The van der Waals surface area contributed by atoms with E-state index in [1.54, 1.807) is 0 Å². The first-order valence-corrected chi connectivity index (χ1v) is 3.63. The molecule has 0 bridgehead atoms. The molecule has 0 aromatic heterocycles. The molecule has 0 N–H and O–H groups in total. The number of benzene rings is 1. The van der Waals surface area contributed by atoms with Gasteiger partial charge in [-0.1, -0.05) is 11.6 Å². The van der Waals surface area contributed by atoms with Gasteiger partial charge in [-0.25, -0.2) is 0 Å². The molecular weight excluding hydrogens is 223 g/mol. The Morgan fingerprint density at radius 2 is 2.07 bits per heavy atom. The molecule has 1 radical (unpaired) electrons. The molecule has 0 amide bonds. The summed E-state index contributed by atoms with van der Waals surface area (Å²) in [6.07, 6.45) is -4.70. The molecule has 1 rings (SSSR count). The van der Waals surface area contributed by atoms with Gasteiger partial charge >= 0.3 is 6.18 Å². The van der Waals surface area contributed by atoms with E-state index < -0.39 is 27.4 Å². The second-order valence-corrected chi connectivity index (χ2v) is 2.74. The van der Waals surface area contributed by atoms with E-state index in [1.807, 2.05) is 6.07 Å². The first kappa shape index (κ1) is 10.8. The number of hydrogen-bond donors (Lipinski definition) is 0. The van der Waals surface area contributed by atoms with Gasteiger partial charge in [0.15, 0.2) is 0 Å². The maximum Gasteiger partial charge on any atom is 0.418 e. The number of hydrogen-bond acceptors (Lipinski definition) is 2. The van der Waals surface area contributed by atoms with Gasteiger partial charge in [-0.3, -0.25) is 10.1 Å². The minimum absolute atomic E-state index is 0.350. The van der Waals surface area contributed by atoms with Crippen LogP contribution in [0.25, 0.3) is 0 Å². The van der Waals surface area contributed by atoms with E-state index in [0.717, 1.165) is 6.07 Å². The highest BCUT2D eigenvalue weighted by molar-refractivity contribution is 6.31. The van der Waals surface area contributed by atoms with Crippen LogP contribution in [0, 0.1) is 16.2 Å². The summed E-state index contributed by atoms with van der Waals surface area (Å²) >= 11 is 5.21. The molecule has 14 heavy (non-hydrogen) atoms. The van der Waals surface area contributed by atoms with Crippen molar-refractivity contribution in [3.8, 4) is 0 Å². The lowest BCUT2D eigenvalue weighted by atomic mass is 10.2. The molecule has 0 heterocycles. The third kappa shape index (κ3) is 2.14. The molecular formula is C7H2ClF3NO2. The van der Waals surface area contributed by atoms with Crippen molar-refractivity contribution in [2.24, 2.45) is 0 Å². The van der Waals surface area contributed by atoms with E-state index in [2.05, 4.69) is 0 Å². The standard InChI is InChI=1S/C7H2ClF3NO2/c8-6-2-1-4(12(13)14)3-5(6)7(9,10)11/h2-3H. The Labute approximate surface area is 81.2 Å². The molecule has 1 aromatic rings. The van der Waals surface area contributed by atoms with Crippen LogP contribution >= 0.6 is 11.6 Å². The Morgan fingerprint density at radius 1 is 1.50 bits per heavy atom. The second kappa shape index (κ2) is 3.45. The van der Waals surface area contributed by atoms with Crippen LogP contribution in [-0.4, -0.2) is 4.92 Å². The van der Waals surface area contributed by atoms with Crippen molar-refractivity contribution >= 4 is 17.3 Å². The lowest BCUT2D eigenvalue weighted by molar-refractivity contribution is -0.385. The van der Waals surface area contributed by atoms with Crippen LogP contribution in [0.1, 0.15) is 5.56 Å². The fourth-order valence-corrected chi connectivity index (χ4v) is 1.00. The summed E-state index contributed by atoms with van der Waals surface area (Å²) in [4.78, 5) is 9.19. The van der Waals surface area contributed by atoms with Crippen LogP contribution in [0.3, 0.4) is 0 Å². The number of halogens is 4. The molecule has 0 saturated carbocycles. The molecule has 0 unspecified atom stereocenters. The Balaban J connectivity index is 3.29. The van der Waals surface area contributed by atoms with Crippen LogP contribution in [0.4, 0.5) is 18.9 Å². The lowest BCUT2D eigenvalue weighted by Gasteiger charge is -2.07. The van der Waals surface area contributed by atoms with E-state index in [9.17, 15) is 23.3 Å². The predicted molar refractivity (Wildman–Crippen MR) is 41.9 cm³/mol. The van der Waals surface area contributed by atoms with Gasteiger partial charge in [0, 0.05) is 6.07 Å². The van der Waals surface area contributed by atoms with Crippen LogP contribution in [0.15, 0.2) is 12.1 Å². The SMILES string of the molecule is O=[N+]([O-])c1[c]cc(Cl)c(C(F)(F)F)c1. The van der Waals surface area contributed by atoms with Crippen LogP contribution in [0.2, 0.25) is 5.02 Å². The summed E-state index contributed by atoms with van der Waals surface area (Å²) in [7, 11) is 0. The molecule has 0 aliphatic rings. The molecule has 0 aliphatic heterocycles. The van der Waals surface area contributed by atoms with Crippen molar-refractivity contribution in [3.63, 3.8) is 0 Å². The van der Waals surface area contributed by atoms with Crippen molar-refractivity contribution < 1.29 is 18.1 Å². The first-order valence-electron chi connectivity index (χ1n) is 3.25. The van der Waals surface area contributed by atoms with Gasteiger partial charge in [-0.2, -0.15) is 13.2 Å². The molecule has 1 aromatic carbocycles. The van der Waals surface area contributed by atoms with E-state index >= 15 is 0 Å². The minimum Gasteiger partial charge on any atom is -0.258 e. The van der Waals surface area contributed by atoms with Crippen molar-refractivity contribution in [3.05, 3.63) is 38.9 Å². The van der Waals surface area contributed by atoms with Gasteiger partial charge in [0.25, 0.3) is 5.69 Å². The maximum absolute atomic E-state index is 12.2. The van der Waals surface area contributed by atoms with Crippen LogP contribution < -0.4 is 0 Å². The van der Waals surface area contributed by atoms with E-state index in [4.69, 9.17) is 11.6 Å². The van der Waals surface area contributed by atoms with Gasteiger partial charge in [0.1, 0.15) is 0 Å². The quantitative estimate of drug-likeness (QED) is 0.543. The summed E-state index contributed by atoms with van der Waals surface area (Å²) in [5.74, 6) is 0. The minimum atomic E-state index is -4.70. The first-order chi connectivity index (χ1) is 6.32. The summed E-state index contributed by atoms with van der Waals surface area (Å²) in [5, 5.41) is 9.55. The molecule has 0 atom stereocenters. The summed E-state index contributed by atoms with van der Waals surface area (Å²) in [6.45, 7) is 0. The van der Waals surface area contributed by atoms with Gasteiger partial charge in [-0.15, -0.1) is 0 Å². The lowest BCUT2D eigenvalue weighted by Crippen LogP contribution is -2.06. The average Bonchev–Trinajstić information content (AvgIpc) is 2.02. The van der Waals surface area contributed by atoms with Gasteiger partial charge < -0.3 is 0 Å². The monoisotopic (exact) mass is 224 g/mol. The molecule has 75 valence electrons. The van der Waals surface area contributed by atoms with Gasteiger partial charge in [0.05, 0.1) is 21.6 Å². The van der Waals surface area contributed by atoms with Crippen molar-refractivity contribution in [1.82, 2.24) is 0 Å². The van der Waals surface area contributed by atoms with Crippen LogP contribution in [0.5, 0.6) is 0 Å². The normalized spacial score (nSPS) is 11.4. The Kier molecular flexibility index (Phi) is 2.66. The largest absolute Gasteiger partial charge is 0.418 e. The molecule has 0 saturated heterocycles. The second-order valence-electron chi connectivity index (χ2n) is 2.33. The van der Waals surface area contributed by atoms with Gasteiger partial charge in [0.2, 0.25) is 0 Å². The molecule has 0 fully saturated rings. The van der Waals surface area contributed by atoms with Crippen LogP contribution in [-0.2, 0) is 6.18 Å². The third-order valence-electron chi connectivity index (χ3n) is 1.39. The highest BCUT2D eigenvalue weighted by atomic mass is 35.5. The highest BCUT2D eigenvalue weighted by Crippen LogP contribution is 2.36. The number of nitrogens with zero attached hydrogens (tertiary/aromatic N) is 1. The number of rotatable bonds is 1. The molecule has 3 nitrogen and oxygen atoms in total. The molecule has 0 spiro atoms. The number of nitro groups is 1. The zero-order valence-electron chi connectivity index (χ0n) is 6.43. The van der Waals surface area contributed by atoms with E-state index in [1.165, 1.54) is 0 Å². The number of nitro benzene ring substituents is 1. The smallest absolute Gasteiger partial charge is 0.258 e. The van der Waals surface area contributed by atoms with E-state index in [-0.39, 0.29) is 0 Å². The zero-order valence-corrected chi connectivity index (χ0v) is 7.19. The predicted octanol–water partition coefficient (Wildman–Crippen LogP) is 3.07. The Hall–Kier alpha value is -1.30. The fraction of sp³-hybridized carbons (Fsp3) is 0.143. The van der Waals surface area contributed by atoms with Crippen molar-refractivity contribution in [2.75, 3.05) is 0 Å². The van der Waals surface area contributed by atoms with Crippen molar-refractivity contribution in [2.45, 2.75) is 6.18 Å². The van der Waals surface area contributed by atoms with Gasteiger partial charge in [-0.05, 0) is 6.07 Å². The Bertz CT molecular complexity index is 378. The topological polar surface area (TPSA) is 43.1 Å². The fourth-order valence-electron chi connectivity index (χ4n) is 0.785. The van der Waals surface area contributed by atoms with E-state index in [0.29, 0.717) is 6.07 Å². The highest BCUT2D eigenvalue weighted by Gasteiger charge is 2.34. The third-order valence-corrected chi connectivity index (χ3v) is 1.70. The number of non-ortho nitro benzene ring substituents is 1. The molecule has 0 aliphatic carbocycles.